The number of rotatable bonds is 8. The van der Waals surface area contributed by atoms with Crippen LogP contribution in [0.3, 0.4) is 0 Å². The molecular formula is C25H34F6N4O2. The third-order valence-corrected chi connectivity index (χ3v) is 6.10. The van der Waals surface area contributed by atoms with Crippen LogP contribution in [-0.4, -0.2) is 41.1 Å². The number of H-pyrrole nitrogens is 1. The van der Waals surface area contributed by atoms with Crippen LogP contribution in [0.5, 0.6) is 0 Å². The van der Waals surface area contributed by atoms with Crippen LogP contribution < -0.4 is 10.6 Å². The molecule has 37 heavy (non-hydrogen) atoms. The number of amides is 2. The first-order valence-electron chi connectivity index (χ1n) is 12.4. The molecule has 2 saturated carbocycles. The van der Waals surface area contributed by atoms with Crippen molar-refractivity contribution in [1.29, 1.82) is 0 Å². The molecule has 0 spiro atoms. The van der Waals surface area contributed by atoms with Gasteiger partial charge in [0, 0.05) is 25.8 Å². The van der Waals surface area contributed by atoms with E-state index in [1.165, 1.54) is 6.42 Å². The normalized spacial score (nSPS) is 16.9. The van der Waals surface area contributed by atoms with E-state index in [2.05, 4.69) is 20.6 Å². The number of nitrogens with one attached hydrogen (secondary N) is 3. The Bertz CT molecular complexity index is 965. The lowest BCUT2D eigenvalue weighted by molar-refractivity contribution is -0.144. The Morgan fingerprint density at radius 2 is 1.81 bits per heavy atom. The van der Waals surface area contributed by atoms with Crippen LogP contribution in [0, 0.1) is 5.92 Å². The van der Waals surface area contributed by atoms with Crippen LogP contribution in [0.25, 0.3) is 11.0 Å². The van der Waals surface area contributed by atoms with E-state index in [-0.39, 0.29) is 32.6 Å². The van der Waals surface area contributed by atoms with Gasteiger partial charge in [-0.05, 0) is 49.3 Å². The number of hydrogen-bond acceptors (Lipinski definition) is 3. The summed E-state index contributed by atoms with van der Waals surface area (Å²) in [6, 6.07) is 5.20. The Labute approximate surface area is 212 Å². The van der Waals surface area contributed by atoms with Crippen molar-refractivity contribution in [2.24, 2.45) is 5.92 Å². The SMILES string of the molecule is FC1(F)CCCCC1.FCC1CCC1.O=CNCc1nc2ccc(CNC(=O)CCC(F)(F)F)cc2[nH]1. The molecule has 1 aromatic carbocycles. The molecule has 2 aromatic rings. The molecule has 12 heteroatoms. The number of carbonyl (C=O) groups is 2. The third kappa shape index (κ3) is 12.3. The molecule has 0 bridgehead atoms. The molecule has 1 heterocycles. The fraction of sp³-hybridized carbons (Fsp3) is 0.640. The number of halogens is 6. The molecule has 2 aliphatic rings. The monoisotopic (exact) mass is 536 g/mol. The van der Waals surface area contributed by atoms with Gasteiger partial charge < -0.3 is 15.6 Å². The number of aromatic amines is 1. The summed E-state index contributed by atoms with van der Waals surface area (Å²) in [7, 11) is 0. The van der Waals surface area contributed by atoms with Gasteiger partial charge in [-0.15, -0.1) is 0 Å². The lowest BCUT2D eigenvalue weighted by Gasteiger charge is -2.20. The zero-order chi connectivity index (χ0) is 27.3. The number of alkyl halides is 6. The van der Waals surface area contributed by atoms with E-state index in [0.29, 0.717) is 36.5 Å². The number of nitrogens with zero attached hydrogens (tertiary/aromatic N) is 1. The topological polar surface area (TPSA) is 86.9 Å². The maximum absolute atomic E-state index is 12.2. The first-order valence-corrected chi connectivity index (χ1v) is 12.4. The largest absolute Gasteiger partial charge is 0.389 e. The third-order valence-electron chi connectivity index (χ3n) is 6.10. The van der Waals surface area contributed by atoms with Crippen LogP contribution in [0.4, 0.5) is 26.3 Å². The second-order valence-corrected chi connectivity index (χ2v) is 9.29. The van der Waals surface area contributed by atoms with Crippen LogP contribution in [-0.2, 0) is 22.7 Å². The van der Waals surface area contributed by atoms with Crippen LogP contribution in [0.1, 0.15) is 75.6 Å². The highest BCUT2D eigenvalue weighted by Crippen LogP contribution is 2.32. The van der Waals surface area contributed by atoms with Gasteiger partial charge in [-0.2, -0.15) is 13.2 Å². The minimum absolute atomic E-state index is 0.0833. The number of imidazole rings is 1. The maximum atomic E-state index is 12.2. The van der Waals surface area contributed by atoms with Crippen molar-refractivity contribution in [3.63, 3.8) is 0 Å². The van der Waals surface area contributed by atoms with Crippen molar-refractivity contribution in [3.05, 3.63) is 29.6 Å². The molecule has 0 saturated heterocycles. The van der Waals surface area contributed by atoms with E-state index < -0.39 is 30.8 Å². The zero-order valence-electron chi connectivity index (χ0n) is 20.6. The van der Waals surface area contributed by atoms with Crippen LogP contribution in [0.2, 0.25) is 0 Å². The minimum atomic E-state index is -4.34. The molecule has 2 amide bonds. The number of aromatic nitrogens is 2. The van der Waals surface area contributed by atoms with Crippen LogP contribution in [0.15, 0.2) is 18.2 Å². The first-order chi connectivity index (χ1) is 17.5. The Morgan fingerprint density at radius 1 is 1.11 bits per heavy atom. The van der Waals surface area contributed by atoms with E-state index in [1.807, 2.05) is 0 Å². The number of benzene rings is 1. The van der Waals surface area contributed by atoms with Crippen molar-refractivity contribution < 1.29 is 35.9 Å². The van der Waals surface area contributed by atoms with Crippen molar-refractivity contribution in [2.75, 3.05) is 6.67 Å². The minimum Gasteiger partial charge on any atom is -0.352 e. The van der Waals surface area contributed by atoms with Gasteiger partial charge in [0.05, 0.1) is 30.7 Å². The van der Waals surface area contributed by atoms with E-state index in [0.717, 1.165) is 30.3 Å². The number of carbonyl (C=O) groups excluding carboxylic acids is 2. The lowest BCUT2D eigenvalue weighted by Crippen LogP contribution is -2.24. The highest BCUT2D eigenvalue weighted by atomic mass is 19.4. The van der Waals surface area contributed by atoms with Gasteiger partial charge in [-0.3, -0.25) is 14.0 Å². The Hall–Kier alpha value is -2.79. The summed E-state index contributed by atoms with van der Waals surface area (Å²) in [5.74, 6) is -1.94. The van der Waals surface area contributed by atoms with E-state index in [4.69, 9.17) is 0 Å². The smallest absolute Gasteiger partial charge is 0.352 e. The molecule has 2 aliphatic carbocycles. The Kier molecular flexibility index (Phi) is 12.2. The quantitative estimate of drug-likeness (QED) is 0.281. The summed E-state index contributed by atoms with van der Waals surface area (Å²) in [4.78, 5) is 28.9. The van der Waals surface area contributed by atoms with Gasteiger partial charge in [0.15, 0.2) is 0 Å². The molecule has 2 fully saturated rings. The number of hydrogen-bond donors (Lipinski definition) is 3. The average molecular weight is 537 g/mol. The summed E-state index contributed by atoms with van der Waals surface area (Å²) in [6.45, 7) is 0.315. The molecule has 6 nitrogen and oxygen atoms in total. The molecule has 1 aromatic heterocycles. The summed E-state index contributed by atoms with van der Waals surface area (Å²) in [5, 5.41) is 4.93. The van der Waals surface area contributed by atoms with Crippen molar-refractivity contribution >= 4 is 23.4 Å². The van der Waals surface area contributed by atoms with Crippen molar-refractivity contribution in [1.82, 2.24) is 20.6 Å². The van der Waals surface area contributed by atoms with E-state index in [9.17, 15) is 35.9 Å². The second kappa shape index (κ2) is 14.8. The summed E-state index contributed by atoms with van der Waals surface area (Å²) in [5.41, 5.74) is 2.14. The standard InChI is InChI=1S/C14H15F3N4O2.C6H10F2.C5H9F/c15-14(16,17)4-3-13(23)19-6-9-1-2-10-11(5-9)21-12(20-10)7-18-8-22;7-6(8)4-2-1-3-5-6;6-4-5-2-1-3-5/h1-2,5,8H,3-4,6-7H2,(H,18,22)(H,19,23)(H,20,21);1-5H2;5H,1-4H2. The summed E-state index contributed by atoms with van der Waals surface area (Å²) < 4.78 is 71.9. The van der Waals surface area contributed by atoms with Crippen LogP contribution >= 0.6 is 0 Å². The number of fused-ring (bicyclic) bond motifs is 1. The fourth-order valence-electron chi connectivity index (χ4n) is 3.70. The maximum Gasteiger partial charge on any atom is 0.389 e. The Balaban J connectivity index is 0.000000277. The molecule has 3 N–H and O–H groups in total. The second-order valence-electron chi connectivity index (χ2n) is 9.29. The predicted molar refractivity (Wildman–Crippen MR) is 127 cm³/mol. The van der Waals surface area contributed by atoms with Crippen molar-refractivity contribution in [3.8, 4) is 0 Å². The molecular weight excluding hydrogens is 502 g/mol. The van der Waals surface area contributed by atoms with Gasteiger partial charge in [0.1, 0.15) is 5.82 Å². The predicted octanol–water partition coefficient (Wildman–Crippen LogP) is 6.11. The summed E-state index contributed by atoms with van der Waals surface area (Å²) in [6.07, 6.45) is 0.702. The molecule has 208 valence electrons. The van der Waals surface area contributed by atoms with E-state index >= 15 is 0 Å². The van der Waals surface area contributed by atoms with Gasteiger partial charge in [0.2, 0.25) is 18.2 Å². The van der Waals surface area contributed by atoms with Crippen molar-refractivity contribution in [2.45, 2.75) is 89.4 Å². The van der Waals surface area contributed by atoms with Gasteiger partial charge >= 0.3 is 6.18 Å². The lowest BCUT2D eigenvalue weighted by atomic mass is 9.87. The first kappa shape index (κ1) is 30.4. The molecule has 0 unspecified atom stereocenters. The average Bonchev–Trinajstić information content (AvgIpc) is 3.22. The summed E-state index contributed by atoms with van der Waals surface area (Å²) >= 11 is 0. The highest BCUT2D eigenvalue weighted by molar-refractivity contribution is 5.77. The molecule has 0 aliphatic heterocycles. The van der Waals surface area contributed by atoms with Gasteiger partial charge in [-0.1, -0.05) is 18.9 Å². The zero-order valence-corrected chi connectivity index (χ0v) is 20.6. The molecule has 4 rings (SSSR count). The molecule has 0 atom stereocenters. The van der Waals surface area contributed by atoms with E-state index in [1.54, 1.807) is 18.2 Å². The van der Waals surface area contributed by atoms with Gasteiger partial charge in [0.25, 0.3) is 0 Å². The van der Waals surface area contributed by atoms with Gasteiger partial charge in [-0.25, -0.2) is 13.8 Å². The fourth-order valence-corrected chi connectivity index (χ4v) is 3.70. The molecule has 0 radical (unpaired) electrons. The highest BCUT2D eigenvalue weighted by Gasteiger charge is 2.30. The Morgan fingerprint density at radius 3 is 2.30 bits per heavy atom.